The van der Waals surface area contributed by atoms with E-state index in [0.717, 1.165) is 0 Å². The SMILES string of the molecule is C=C.CC[Si]12O[Si]3(CC)O[Si]4(CC)O[Si](CC)(O1)O[Si]1(CC)O[Si](CC)(O2)O[Si](CC)(O3)O[Si](COC(=O)C(C)(C)CC(C)(CC2C(=O)OC(=O)C2CC(C)(C)COC(=O)C2C[Si](C)(C)O[Si](C)(C)C2)C(=O)OC(C)(C)C)(O4)O1. The van der Waals surface area contributed by atoms with Crippen LogP contribution in [0.1, 0.15) is 123 Å². The van der Waals surface area contributed by atoms with Gasteiger partial charge in [-0.1, -0.05) is 62.3 Å². The first-order valence-electron chi connectivity index (χ1n) is 28.2. The third-order valence-electron chi connectivity index (χ3n) is 15.1. The summed E-state index contributed by atoms with van der Waals surface area (Å²) in [6, 6.07) is 2.95. The minimum Gasteiger partial charge on any atom is -0.465 e. The number of ether oxygens (including phenoxy) is 4. The van der Waals surface area contributed by atoms with Crippen molar-refractivity contribution in [3.8, 4) is 0 Å². The highest BCUT2D eigenvalue weighted by Crippen LogP contribution is 2.54. The maximum atomic E-state index is 15.1. The van der Waals surface area contributed by atoms with Gasteiger partial charge in [-0.25, -0.2) is 0 Å². The second-order valence-electron chi connectivity index (χ2n) is 25.7. The third-order valence-corrected chi connectivity index (χ3v) is 58.9. The first-order chi connectivity index (χ1) is 36.3. The van der Waals surface area contributed by atoms with Gasteiger partial charge in [-0.2, -0.15) is 0 Å². The average Bonchev–Trinajstić information content (AvgIpc) is 3.56. The fraction of sp³-hybridized carbons (Fsp3) is 0.851. The number of rotatable bonds is 20. The van der Waals surface area contributed by atoms with Gasteiger partial charge in [0.1, 0.15) is 5.60 Å². The van der Waals surface area contributed by atoms with E-state index >= 15 is 4.79 Å². The Morgan fingerprint density at radius 3 is 1.15 bits per heavy atom. The Bertz CT molecular complexity index is 2170. The average molecular weight is 1290 g/mol. The maximum absolute atomic E-state index is 15.1. The van der Waals surface area contributed by atoms with E-state index in [1.807, 2.05) is 62.3 Å². The van der Waals surface area contributed by atoms with Gasteiger partial charge in [-0.3, -0.25) is 24.0 Å². The molecular formula is C47H92O22Si10. The van der Waals surface area contributed by atoms with Crippen LogP contribution < -0.4 is 0 Å². The van der Waals surface area contributed by atoms with Crippen LogP contribution in [0, 0.1) is 34.0 Å². The number of hydrogen-bond donors (Lipinski definition) is 0. The Morgan fingerprint density at radius 1 is 0.494 bits per heavy atom. The molecule has 0 radical (unpaired) electrons. The van der Waals surface area contributed by atoms with E-state index in [9.17, 15) is 19.2 Å². The van der Waals surface area contributed by atoms with Crippen molar-refractivity contribution in [3.05, 3.63) is 13.2 Å². The van der Waals surface area contributed by atoms with Gasteiger partial charge in [0.2, 0.25) is 0 Å². The largest absolute Gasteiger partial charge is 0.518 e. The summed E-state index contributed by atoms with van der Waals surface area (Å²) < 4.78 is 117. The van der Waals surface area contributed by atoms with Gasteiger partial charge in [0.25, 0.3) is 0 Å². The molecule has 8 rings (SSSR count). The van der Waals surface area contributed by atoms with Gasteiger partial charge in [0.15, 0.2) is 22.9 Å². The van der Waals surface area contributed by atoms with Crippen molar-refractivity contribution in [1.82, 2.24) is 0 Å². The smallest absolute Gasteiger partial charge is 0.465 e. The van der Waals surface area contributed by atoms with Crippen LogP contribution in [0.3, 0.4) is 0 Å². The summed E-state index contributed by atoms with van der Waals surface area (Å²) in [5, 5.41) is 0. The molecule has 8 saturated heterocycles. The minimum atomic E-state index is -4.59. The molecule has 32 heteroatoms. The molecule has 0 N–H and O–H groups in total. The summed E-state index contributed by atoms with van der Waals surface area (Å²) in [6.07, 6.45) is -0.928. The van der Waals surface area contributed by atoms with Crippen molar-refractivity contribution in [2.75, 3.05) is 12.8 Å². The summed E-state index contributed by atoms with van der Waals surface area (Å²) in [5.41, 5.74) is -4.85. The number of esters is 5. The molecule has 0 aromatic rings. The lowest BCUT2D eigenvalue weighted by atomic mass is 9.66. The van der Waals surface area contributed by atoms with Crippen molar-refractivity contribution >= 4 is 117 Å². The minimum absolute atomic E-state index is 0.0109. The van der Waals surface area contributed by atoms with Crippen molar-refractivity contribution in [2.24, 2.45) is 34.0 Å². The van der Waals surface area contributed by atoms with Crippen molar-refractivity contribution in [3.63, 3.8) is 0 Å². The topological polar surface area (TPSA) is 242 Å². The monoisotopic (exact) mass is 1290 g/mol. The first-order valence-corrected chi connectivity index (χ1v) is 49.9. The molecule has 0 amide bonds. The van der Waals surface area contributed by atoms with Crippen LogP contribution in [0.2, 0.25) is 80.6 Å². The van der Waals surface area contributed by atoms with Gasteiger partial charge >= 0.3 is 100 Å². The predicted molar refractivity (Wildman–Crippen MR) is 308 cm³/mol. The lowest BCUT2D eigenvalue weighted by Gasteiger charge is -2.62. The fourth-order valence-corrected chi connectivity index (χ4v) is 70.6. The summed E-state index contributed by atoms with van der Waals surface area (Å²) in [6.45, 7) is 41.4. The molecule has 0 aliphatic carbocycles. The van der Waals surface area contributed by atoms with Crippen LogP contribution in [0.5, 0.6) is 0 Å². The predicted octanol–water partition coefficient (Wildman–Crippen LogP) is 9.28. The molecule has 8 aliphatic rings. The molecule has 22 nitrogen and oxygen atoms in total. The van der Waals surface area contributed by atoms with Crippen LogP contribution in [-0.2, 0) is 96.4 Å². The van der Waals surface area contributed by atoms with E-state index < -0.39 is 151 Å². The van der Waals surface area contributed by atoms with E-state index in [-0.39, 0.29) is 74.0 Å². The standard InChI is InChI=1S/C45H88O22Si10.C2H4/c1-20-70-56-71(21-2)59-74(24-5)61-72(22-3,57-70)63-76(26-7)64-73(23-4,58-70)62-75(25-6,60-71)66-77(65-74,67-76)33-52-40(49)44(13,14)31-45(15,41(50)54-42(8,9)10)28-36-35(38(47)53-39(36)48)27-43(11,12)32-51-37(46)34-29-68(16,17)55-69(18,19)30-34;1-2/h34-36H,20-33H2,1-19H3;1-2H2. The lowest BCUT2D eigenvalue weighted by molar-refractivity contribution is -0.173. The molecule has 0 spiro atoms. The molecule has 8 aliphatic heterocycles. The molecule has 3 unspecified atom stereocenters. The quantitative estimate of drug-likeness (QED) is 0.0362. The molecule has 79 heavy (non-hydrogen) atoms. The normalized spacial score (nSPS) is 37.7. The van der Waals surface area contributed by atoms with Gasteiger partial charge in [-0.05, 0) is 104 Å². The molecular weight excluding hydrogens is 1200 g/mol. The molecule has 0 saturated carbocycles. The fourth-order valence-electron chi connectivity index (χ4n) is 11.8. The highest BCUT2D eigenvalue weighted by molar-refractivity contribution is 7.03. The number of cyclic esters (lactones) is 2. The maximum Gasteiger partial charge on any atom is 0.518 e. The molecule has 0 aromatic heterocycles. The zero-order valence-electron chi connectivity index (χ0n) is 50.5. The zero-order valence-corrected chi connectivity index (χ0v) is 60.5. The summed E-state index contributed by atoms with van der Waals surface area (Å²) in [5.74, 6) is -5.69. The highest BCUT2D eigenvalue weighted by atomic mass is 28.6. The second kappa shape index (κ2) is 23.3. The van der Waals surface area contributed by atoms with E-state index in [2.05, 4.69) is 39.3 Å². The number of hydrogen-bond acceptors (Lipinski definition) is 22. The zero-order chi connectivity index (χ0) is 59.5. The van der Waals surface area contributed by atoms with Crippen LogP contribution in [0.4, 0.5) is 0 Å². The van der Waals surface area contributed by atoms with Gasteiger partial charge in [0.05, 0.1) is 35.2 Å². The Morgan fingerprint density at radius 2 is 0.823 bits per heavy atom. The Balaban J connectivity index is 0.00000498. The van der Waals surface area contributed by atoms with E-state index in [0.29, 0.717) is 18.1 Å². The summed E-state index contributed by atoms with van der Waals surface area (Å²) >= 11 is 0. The lowest BCUT2D eigenvalue weighted by Crippen LogP contribution is -2.88. The Hall–Kier alpha value is -1.06. The molecule has 8 fully saturated rings. The van der Waals surface area contributed by atoms with Gasteiger partial charge in [0, 0.05) is 42.3 Å². The van der Waals surface area contributed by atoms with Crippen molar-refractivity contribution < 1.29 is 96.4 Å². The molecule has 452 valence electrons. The molecule has 8 bridgehead atoms. The molecule has 3 atom stereocenters. The second-order valence-corrected chi connectivity index (χ2v) is 60.4. The van der Waals surface area contributed by atoms with Crippen LogP contribution in [-0.4, -0.2) is 135 Å². The number of carbonyl (C=O) groups is 5. The van der Waals surface area contributed by atoms with Gasteiger partial charge in [-0.15, -0.1) is 13.2 Å². The summed E-state index contributed by atoms with van der Waals surface area (Å²) in [7, 11) is -36.8. The van der Waals surface area contributed by atoms with E-state index in [1.54, 1.807) is 41.5 Å². The van der Waals surface area contributed by atoms with E-state index in [4.69, 9.17) is 72.4 Å². The van der Waals surface area contributed by atoms with Crippen LogP contribution >= 0.6 is 0 Å². The highest BCUT2D eigenvalue weighted by Gasteiger charge is 2.82. The van der Waals surface area contributed by atoms with Gasteiger partial charge < -0.3 is 72.4 Å². The first kappa shape index (κ1) is 67.1. The summed E-state index contributed by atoms with van der Waals surface area (Å²) in [4.78, 5) is 70.8. The third kappa shape index (κ3) is 14.4. The Labute approximate surface area is 480 Å². The van der Waals surface area contributed by atoms with Crippen molar-refractivity contribution in [2.45, 2.75) is 209 Å². The number of carbonyl (C=O) groups excluding carboxylic acids is 5. The molecule has 0 aromatic carbocycles. The van der Waals surface area contributed by atoms with Crippen molar-refractivity contribution in [1.29, 1.82) is 0 Å². The van der Waals surface area contributed by atoms with Crippen LogP contribution in [0.25, 0.3) is 0 Å². The Kier molecular flexibility index (Phi) is 19.8. The van der Waals surface area contributed by atoms with Crippen LogP contribution in [0.15, 0.2) is 13.2 Å². The molecule has 8 heterocycles. The van der Waals surface area contributed by atoms with E-state index in [1.165, 1.54) is 0 Å².